The number of likely N-dealkylation sites (tertiary alicyclic amines) is 1. The summed E-state index contributed by atoms with van der Waals surface area (Å²) in [7, 11) is 0. The Bertz CT molecular complexity index is 473. The number of rotatable bonds is 3. The highest BCUT2D eigenvalue weighted by atomic mass is 35.5. The van der Waals surface area contributed by atoms with Crippen LogP contribution in [-0.2, 0) is 24.3 Å². The van der Waals surface area contributed by atoms with Crippen molar-refractivity contribution in [1.29, 1.82) is 0 Å². The number of carbonyl (C=O) groups excluding carboxylic acids is 1. The molecule has 1 aromatic rings. The Hall–Kier alpha value is -1.10. The van der Waals surface area contributed by atoms with Crippen molar-refractivity contribution in [2.24, 2.45) is 5.92 Å². The van der Waals surface area contributed by atoms with Crippen molar-refractivity contribution < 1.29 is 4.79 Å². The fraction of sp³-hybridized carbons (Fsp3) is 0.769. The van der Waals surface area contributed by atoms with Gasteiger partial charge in [-0.15, -0.1) is 21.8 Å². The summed E-state index contributed by atoms with van der Waals surface area (Å²) in [6.45, 7) is 2.32. The fourth-order valence-corrected chi connectivity index (χ4v) is 3.15. The average Bonchev–Trinajstić information content (AvgIpc) is 2.86. The van der Waals surface area contributed by atoms with Crippen LogP contribution in [0.3, 0.4) is 0 Å². The van der Waals surface area contributed by atoms with Gasteiger partial charge in [-0.1, -0.05) is 6.42 Å². The number of carbonyl (C=O) groups is 1. The molecule has 1 saturated heterocycles. The van der Waals surface area contributed by atoms with Crippen molar-refractivity contribution in [3.63, 3.8) is 0 Å². The Morgan fingerprint density at radius 1 is 1.26 bits per heavy atom. The minimum absolute atomic E-state index is 0.191. The Morgan fingerprint density at radius 2 is 2.16 bits per heavy atom. The fourth-order valence-electron chi connectivity index (χ4n) is 2.94. The summed E-state index contributed by atoms with van der Waals surface area (Å²) < 4.78 is 2.20. The molecular formula is C13H19ClN4O. The molecule has 1 atom stereocenters. The highest BCUT2D eigenvalue weighted by Crippen LogP contribution is 2.22. The second kappa shape index (κ2) is 5.49. The van der Waals surface area contributed by atoms with Gasteiger partial charge in [0.05, 0.1) is 6.54 Å². The molecule has 0 radical (unpaired) electrons. The highest BCUT2D eigenvalue weighted by Gasteiger charge is 2.30. The quantitative estimate of drug-likeness (QED) is 0.791. The van der Waals surface area contributed by atoms with Crippen LogP contribution in [0.5, 0.6) is 0 Å². The van der Waals surface area contributed by atoms with Crippen molar-refractivity contribution in [1.82, 2.24) is 19.7 Å². The molecule has 104 valence electrons. The summed E-state index contributed by atoms with van der Waals surface area (Å²) >= 11 is 5.85. The Kier molecular flexibility index (Phi) is 3.73. The van der Waals surface area contributed by atoms with E-state index in [1.807, 2.05) is 4.90 Å². The molecule has 2 aliphatic rings. The number of fused-ring (bicyclic) bond motifs is 1. The lowest BCUT2D eigenvalue weighted by Gasteiger charge is -2.16. The normalized spacial score (nSPS) is 23.5. The van der Waals surface area contributed by atoms with Crippen molar-refractivity contribution in [3.05, 3.63) is 11.6 Å². The molecule has 0 N–H and O–H groups in total. The van der Waals surface area contributed by atoms with Gasteiger partial charge >= 0.3 is 0 Å². The highest BCUT2D eigenvalue weighted by molar-refractivity contribution is 6.18. The van der Waals surface area contributed by atoms with Gasteiger partial charge in [0, 0.05) is 31.8 Å². The smallest absolute Gasteiger partial charge is 0.223 e. The summed E-state index contributed by atoms with van der Waals surface area (Å²) in [5, 5.41) is 8.55. The lowest BCUT2D eigenvalue weighted by molar-refractivity contribution is -0.128. The molecule has 6 heteroatoms. The number of aryl methyl sites for hydroxylation is 1. The van der Waals surface area contributed by atoms with Crippen LogP contribution >= 0.6 is 11.6 Å². The van der Waals surface area contributed by atoms with Crippen molar-refractivity contribution in [3.8, 4) is 0 Å². The topological polar surface area (TPSA) is 51.0 Å². The molecule has 1 unspecified atom stereocenters. The summed E-state index contributed by atoms with van der Waals surface area (Å²) in [4.78, 5) is 13.8. The molecule has 0 spiro atoms. The number of halogens is 1. The van der Waals surface area contributed by atoms with Gasteiger partial charge in [-0.2, -0.15) is 0 Å². The van der Waals surface area contributed by atoms with Crippen LogP contribution in [0.25, 0.3) is 0 Å². The molecule has 19 heavy (non-hydrogen) atoms. The monoisotopic (exact) mass is 282 g/mol. The zero-order valence-corrected chi connectivity index (χ0v) is 11.8. The van der Waals surface area contributed by atoms with Crippen LogP contribution in [0.1, 0.15) is 37.3 Å². The van der Waals surface area contributed by atoms with Crippen molar-refractivity contribution in [2.45, 2.75) is 45.2 Å². The Morgan fingerprint density at radius 3 is 2.95 bits per heavy atom. The van der Waals surface area contributed by atoms with E-state index in [0.717, 1.165) is 31.2 Å². The molecule has 2 aliphatic heterocycles. The van der Waals surface area contributed by atoms with E-state index in [2.05, 4.69) is 14.8 Å². The maximum Gasteiger partial charge on any atom is 0.223 e. The van der Waals surface area contributed by atoms with Crippen molar-refractivity contribution in [2.75, 3.05) is 12.4 Å². The zero-order valence-electron chi connectivity index (χ0n) is 11.0. The van der Waals surface area contributed by atoms with Crippen LogP contribution in [-0.4, -0.2) is 38.0 Å². The zero-order chi connectivity index (χ0) is 13.2. The number of alkyl halides is 1. The second-order valence-electron chi connectivity index (χ2n) is 5.49. The number of hydrogen-bond donors (Lipinski definition) is 0. The van der Waals surface area contributed by atoms with Crippen LogP contribution in [0, 0.1) is 5.92 Å². The first kappa shape index (κ1) is 12.9. The van der Waals surface area contributed by atoms with Gasteiger partial charge in [0.1, 0.15) is 5.82 Å². The molecule has 0 aromatic carbocycles. The molecule has 3 rings (SSSR count). The maximum atomic E-state index is 11.9. The average molecular weight is 283 g/mol. The van der Waals surface area contributed by atoms with E-state index in [-0.39, 0.29) is 5.91 Å². The molecule has 5 nitrogen and oxygen atoms in total. The van der Waals surface area contributed by atoms with Crippen LogP contribution in [0.2, 0.25) is 0 Å². The lowest BCUT2D eigenvalue weighted by atomic mass is 10.1. The van der Waals surface area contributed by atoms with Gasteiger partial charge in [-0.3, -0.25) is 4.79 Å². The van der Waals surface area contributed by atoms with E-state index in [1.165, 1.54) is 19.3 Å². The maximum absolute atomic E-state index is 11.9. The minimum Gasteiger partial charge on any atom is -0.335 e. The first-order valence-electron chi connectivity index (χ1n) is 7.02. The van der Waals surface area contributed by atoms with E-state index < -0.39 is 0 Å². The van der Waals surface area contributed by atoms with Gasteiger partial charge in [0.25, 0.3) is 0 Å². The number of aromatic nitrogens is 3. The third kappa shape index (κ3) is 2.61. The Balaban J connectivity index is 1.73. The third-order valence-corrected chi connectivity index (χ3v) is 4.47. The van der Waals surface area contributed by atoms with Gasteiger partial charge in [-0.05, 0) is 18.8 Å². The number of hydrogen-bond acceptors (Lipinski definition) is 3. The van der Waals surface area contributed by atoms with Gasteiger partial charge in [0.15, 0.2) is 5.82 Å². The molecule has 3 heterocycles. The van der Waals surface area contributed by atoms with Gasteiger partial charge in [-0.25, -0.2) is 0 Å². The van der Waals surface area contributed by atoms with Gasteiger partial charge in [0.2, 0.25) is 5.91 Å². The van der Waals surface area contributed by atoms with Gasteiger partial charge < -0.3 is 9.47 Å². The summed E-state index contributed by atoms with van der Waals surface area (Å²) in [5.74, 6) is 3.05. The van der Waals surface area contributed by atoms with E-state index in [4.69, 9.17) is 11.6 Å². The standard InChI is InChI=1S/C13H19ClN4O/c14-7-10-6-13(19)17(8-10)9-12-16-15-11-4-2-1-3-5-18(11)12/h10H,1-9H2. The molecular weight excluding hydrogens is 264 g/mol. The Labute approximate surface area is 117 Å². The largest absolute Gasteiger partial charge is 0.335 e. The predicted octanol–water partition coefficient (Wildman–Crippen LogP) is 1.59. The van der Waals surface area contributed by atoms with E-state index in [9.17, 15) is 4.79 Å². The molecule has 0 aliphatic carbocycles. The summed E-state index contributed by atoms with van der Waals surface area (Å²) in [5.41, 5.74) is 0. The first-order valence-corrected chi connectivity index (χ1v) is 7.56. The summed E-state index contributed by atoms with van der Waals surface area (Å²) in [6.07, 6.45) is 5.20. The SMILES string of the molecule is O=C1CC(CCl)CN1Cc1nnc2n1CCCCC2. The van der Waals surface area contributed by atoms with E-state index in [1.54, 1.807) is 0 Å². The third-order valence-electron chi connectivity index (χ3n) is 4.03. The van der Waals surface area contributed by atoms with Crippen LogP contribution in [0.15, 0.2) is 0 Å². The molecule has 1 aromatic heterocycles. The lowest BCUT2D eigenvalue weighted by Crippen LogP contribution is -2.26. The van der Waals surface area contributed by atoms with Crippen LogP contribution in [0.4, 0.5) is 0 Å². The summed E-state index contributed by atoms with van der Waals surface area (Å²) in [6, 6.07) is 0. The van der Waals surface area contributed by atoms with Crippen molar-refractivity contribution >= 4 is 17.5 Å². The molecule has 1 amide bonds. The minimum atomic E-state index is 0.191. The molecule has 0 saturated carbocycles. The number of amides is 1. The first-order chi connectivity index (χ1) is 9.28. The molecule has 1 fully saturated rings. The predicted molar refractivity (Wildman–Crippen MR) is 71.8 cm³/mol. The van der Waals surface area contributed by atoms with Crippen LogP contribution < -0.4 is 0 Å². The second-order valence-corrected chi connectivity index (χ2v) is 5.80. The molecule has 0 bridgehead atoms. The number of nitrogens with zero attached hydrogens (tertiary/aromatic N) is 4. The van der Waals surface area contributed by atoms with E-state index >= 15 is 0 Å². The van der Waals surface area contributed by atoms with E-state index in [0.29, 0.717) is 24.8 Å².